The largest absolute Gasteiger partial charge is 0.313 e. The van der Waals surface area contributed by atoms with Gasteiger partial charge >= 0.3 is 0 Å². The lowest BCUT2D eigenvalue weighted by atomic mass is 9.89. The van der Waals surface area contributed by atoms with Crippen LogP contribution in [0.5, 0.6) is 0 Å². The van der Waals surface area contributed by atoms with Gasteiger partial charge in [-0.25, -0.2) is 0 Å². The molecule has 1 aromatic carbocycles. The van der Waals surface area contributed by atoms with E-state index >= 15 is 0 Å². The molecule has 2 nitrogen and oxygen atoms in total. The van der Waals surface area contributed by atoms with Crippen molar-refractivity contribution in [2.45, 2.75) is 38.1 Å². The third-order valence-electron chi connectivity index (χ3n) is 4.10. The van der Waals surface area contributed by atoms with Crippen molar-refractivity contribution in [2.75, 3.05) is 6.54 Å². The number of hydrogen-bond acceptors (Lipinski definition) is 2. The molecule has 0 spiro atoms. The quantitative estimate of drug-likeness (QED) is 0.847. The molecular weight excluding hydrogens is 324 g/mol. The zero-order valence-electron chi connectivity index (χ0n) is 12.3. The maximum absolute atomic E-state index is 4.29. The molecule has 1 saturated carbocycles. The summed E-state index contributed by atoms with van der Waals surface area (Å²) in [7, 11) is 0. The van der Waals surface area contributed by atoms with Crippen LogP contribution in [0.4, 0.5) is 0 Å². The molecule has 2 aromatic rings. The summed E-state index contributed by atoms with van der Waals surface area (Å²) in [5.41, 5.74) is 4.11. The van der Waals surface area contributed by atoms with Crippen molar-refractivity contribution in [3.05, 3.63) is 63.9 Å². The molecule has 1 aliphatic carbocycles. The molecule has 1 heterocycles. The zero-order chi connectivity index (χ0) is 14.7. The average molecular weight is 345 g/mol. The molecule has 1 unspecified atom stereocenters. The van der Waals surface area contributed by atoms with E-state index in [4.69, 9.17) is 0 Å². The topological polar surface area (TPSA) is 24.9 Å². The highest BCUT2D eigenvalue weighted by molar-refractivity contribution is 9.10. The fourth-order valence-corrected chi connectivity index (χ4v) is 3.20. The summed E-state index contributed by atoms with van der Waals surface area (Å²) >= 11 is 3.52. The standard InChI is InChI=1S/C18H21BrN2/c1-13-4-2-3-5-18(13)15(11-21-17-6-7-17)8-14-9-16(19)12-20-10-14/h2-5,9-10,12,15,17,21H,6-8,11H2,1H3. The number of aromatic nitrogens is 1. The first-order valence-electron chi connectivity index (χ1n) is 7.60. The molecule has 0 bridgehead atoms. The van der Waals surface area contributed by atoms with Crippen LogP contribution in [0, 0.1) is 6.92 Å². The summed E-state index contributed by atoms with van der Waals surface area (Å²) in [6.07, 6.45) is 7.51. The Hall–Kier alpha value is -1.19. The van der Waals surface area contributed by atoms with Crippen molar-refractivity contribution in [3.8, 4) is 0 Å². The summed E-state index contributed by atoms with van der Waals surface area (Å²) in [4.78, 5) is 4.29. The fraction of sp³-hybridized carbons (Fsp3) is 0.389. The summed E-state index contributed by atoms with van der Waals surface area (Å²) in [5, 5.41) is 3.69. The van der Waals surface area contributed by atoms with E-state index in [1.807, 2.05) is 12.4 Å². The van der Waals surface area contributed by atoms with E-state index in [9.17, 15) is 0 Å². The molecule has 3 heteroatoms. The molecule has 110 valence electrons. The maximum Gasteiger partial charge on any atom is 0.0410 e. The van der Waals surface area contributed by atoms with Gasteiger partial charge in [0.1, 0.15) is 0 Å². The Kier molecular flexibility index (Phi) is 4.71. The first-order valence-corrected chi connectivity index (χ1v) is 8.40. The summed E-state index contributed by atoms with van der Waals surface area (Å²) in [5.74, 6) is 0.503. The average Bonchev–Trinajstić information content (AvgIpc) is 3.28. The predicted octanol–water partition coefficient (Wildman–Crippen LogP) is 4.23. The minimum Gasteiger partial charge on any atom is -0.313 e. The molecule has 0 aliphatic heterocycles. The van der Waals surface area contributed by atoms with Crippen LogP contribution in [0.2, 0.25) is 0 Å². The fourth-order valence-electron chi connectivity index (χ4n) is 2.79. The molecule has 1 aromatic heterocycles. The number of hydrogen-bond donors (Lipinski definition) is 1. The molecule has 1 fully saturated rings. The smallest absolute Gasteiger partial charge is 0.0410 e. The van der Waals surface area contributed by atoms with Crippen LogP contribution >= 0.6 is 15.9 Å². The van der Waals surface area contributed by atoms with Crippen molar-refractivity contribution < 1.29 is 0 Å². The number of halogens is 1. The van der Waals surface area contributed by atoms with E-state index in [-0.39, 0.29) is 0 Å². The van der Waals surface area contributed by atoms with Gasteiger partial charge in [0.15, 0.2) is 0 Å². The number of rotatable bonds is 6. The molecule has 1 atom stereocenters. The minimum absolute atomic E-state index is 0.503. The molecule has 1 aliphatic rings. The second kappa shape index (κ2) is 6.71. The van der Waals surface area contributed by atoms with Crippen LogP contribution in [0.15, 0.2) is 47.2 Å². The third-order valence-corrected chi connectivity index (χ3v) is 4.54. The molecule has 0 saturated heterocycles. The number of benzene rings is 1. The maximum atomic E-state index is 4.29. The van der Waals surface area contributed by atoms with E-state index in [0.29, 0.717) is 5.92 Å². The van der Waals surface area contributed by atoms with Gasteiger partial charge in [-0.05, 0) is 64.9 Å². The number of aryl methyl sites for hydroxylation is 1. The SMILES string of the molecule is Cc1ccccc1C(CNC1CC1)Cc1cncc(Br)c1. The Morgan fingerprint density at radius 1 is 1.29 bits per heavy atom. The van der Waals surface area contributed by atoms with Gasteiger partial charge in [-0.3, -0.25) is 4.98 Å². The van der Waals surface area contributed by atoms with Crippen molar-refractivity contribution in [1.29, 1.82) is 0 Å². The van der Waals surface area contributed by atoms with E-state index in [1.54, 1.807) is 0 Å². The molecule has 3 rings (SSSR count). The number of nitrogens with one attached hydrogen (secondary N) is 1. The van der Waals surface area contributed by atoms with Crippen LogP contribution in [-0.4, -0.2) is 17.6 Å². The van der Waals surface area contributed by atoms with Gasteiger partial charge in [0.2, 0.25) is 0 Å². The predicted molar refractivity (Wildman–Crippen MR) is 90.6 cm³/mol. The Morgan fingerprint density at radius 3 is 2.81 bits per heavy atom. The van der Waals surface area contributed by atoms with E-state index in [2.05, 4.69) is 63.5 Å². The minimum atomic E-state index is 0.503. The van der Waals surface area contributed by atoms with Gasteiger partial charge < -0.3 is 5.32 Å². The third kappa shape index (κ3) is 4.14. The molecule has 1 N–H and O–H groups in total. The summed E-state index contributed by atoms with van der Waals surface area (Å²) in [6.45, 7) is 3.25. The Balaban J connectivity index is 1.79. The second-order valence-electron chi connectivity index (χ2n) is 5.95. The van der Waals surface area contributed by atoms with E-state index in [0.717, 1.165) is 23.5 Å². The van der Waals surface area contributed by atoms with Gasteiger partial charge in [-0.15, -0.1) is 0 Å². The molecule has 0 amide bonds. The second-order valence-corrected chi connectivity index (χ2v) is 6.87. The first kappa shape index (κ1) is 14.7. The highest BCUT2D eigenvalue weighted by Crippen LogP contribution is 2.26. The van der Waals surface area contributed by atoms with Gasteiger partial charge in [-0.2, -0.15) is 0 Å². The van der Waals surface area contributed by atoms with Crippen molar-refractivity contribution in [2.24, 2.45) is 0 Å². The normalized spacial score (nSPS) is 15.9. The number of pyridine rings is 1. The van der Waals surface area contributed by atoms with Gasteiger partial charge in [0.05, 0.1) is 0 Å². The van der Waals surface area contributed by atoms with Crippen molar-refractivity contribution >= 4 is 15.9 Å². The summed E-state index contributed by atoms with van der Waals surface area (Å²) in [6, 6.07) is 11.7. The van der Waals surface area contributed by atoms with Crippen LogP contribution < -0.4 is 5.32 Å². The number of nitrogens with zero attached hydrogens (tertiary/aromatic N) is 1. The molecular formula is C18H21BrN2. The van der Waals surface area contributed by atoms with Crippen LogP contribution in [0.25, 0.3) is 0 Å². The Morgan fingerprint density at radius 2 is 2.10 bits per heavy atom. The Labute approximate surface area is 135 Å². The highest BCUT2D eigenvalue weighted by atomic mass is 79.9. The monoisotopic (exact) mass is 344 g/mol. The molecule has 0 radical (unpaired) electrons. The van der Waals surface area contributed by atoms with Crippen molar-refractivity contribution in [3.63, 3.8) is 0 Å². The lowest BCUT2D eigenvalue weighted by Gasteiger charge is -2.20. The lowest BCUT2D eigenvalue weighted by Crippen LogP contribution is -2.25. The van der Waals surface area contributed by atoms with Crippen LogP contribution in [-0.2, 0) is 6.42 Å². The summed E-state index contributed by atoms with van der Waals surface area (Å²) < 4.78 is 1.05. The van der Waals surface area contributed by atoms with Gasteiger partial charge in [-0.1, -0.05) is 24.3 Å². The highest BCUT2D eigenvalue weighted by Gasteiger charge is 2.23. The van der Waals surface area contributed by atoms with Gasteiger partial charge in [0, 0.05) is 35.4 Å². The van der Waals surface area contributed by atoms with E-state index < -0.39 is 0 Å². The van der Waals surface area contributed by atoms with E-state index in [1.165, 1.54) is 29.5 Å². The lowest BCUT2D eigenvalue weighted by molar-refractivity contribution is 0.574. The van der Waals surface area contributed by atoms with Crippen LogP contribution in [0.3, 0.4) is 0 Å². The van der Waals surface area contributed by atoms with Crippen LogP contribution in [0.1, 0.15) is 35.4 Å². The van der Waals surface area contributed by atoms with Gasteiger partial charge in [0.25, 0.3) is 0 Å². The van der Waals surface area contributed by atoms with Crippen molar-refractivity contribution in [1.82, 2.24) is 10.3 Å². The molecule has 21 heavy (non-hydrogen) atoms. The Bertz CT molecular complexity index is 608. The zero-order valence-corrected chi connectivity index (χ0v) is 13.9. The first-order chi connectivity index (χ1) is 10.2.